The van der Waals surface area contributed by atoms with Crippen molar-refractivity contribution in [2.75, 3.05) is 32.9 Å². The largest absolute Gasteiger partial charge is 0.508 e. The highest BCUT2D eigenvalue weighted by atomic mass is 32.1. The van der Waals surface area contributed by atoms with Gasteiger partial charge >= 0.3 is 0 Å². The summed E-state index contributed by atoms with van der Waals surface area (Å²) in [7, 11) is 0. The molecule has 0 amide bonds. The van der Waals surface area contributed by atoms with Crippen molar-refractivity contribution in [2.24, 2.45) is 5.92 Å². The maximum absolute atomic E-state index is 13.5. The summed E-state index contributed by atoms with van der Waals surface area (Å²) in [5, 5.41) is 20.4. The molecule has 192 valence electrons. The van der Waals surface area contributed by atoms with Gasteiger partial charge in [-0.15, -0.1) is 11.3 Å². The van der Waals surface area contributed by atoms with E-state index in [0.717, 1.165) is 36.1 Å². The minimum absolute atomic E-state index is 0.0958. The summed E-state index contributed by atoms with van der Waals surface area (Å²) < 4.78 is 25.6. The summed E-state index contributed by atoms with van der Waals surface area (Å²) in [6, 6.07) is 16.8. The molecular formula is C29H28FNO5S. The molecule has 3 aromatic carbocycles. The van der Waals surface area contributed by atoms with Gasteiger partial charge in [0.2, 0.25) is 5.78 Å². The van der Waals surface area contributed by atoms with Crippen molar-refractivity contribution in [1.82, 2.24) is 4.90 Å². The zero-order valence-corrected chi connectivity index (χ0v) is 21.3. The average Bonchev–Trinajstić information content (AvgIpc) is 3.49. The molecule has 6 nitrogen and oxygen atoms in total. The Labute approximate surface area is 218 Å². The number of hydrogen-bond donors (Lipinski definition) is 2. The second kappa shape index (κ2) is 10.8. The van der Waals surface area contributed by atoms with E-state index in [0.29, 0.717) is 39.9 Å². The Bertz CT molecular complexity index is 1420. The van der Waals surface area contributed by atoms with E-state index in [1.165, 1.54) is 17.4 Å². The number of aryl methyl sites for hydroxylation is 1. The molecule has 0 unspecified atom stereocenters. The molecule has 1 atom stereocenters. The number of benzene rings is 3. The molecule has 1 aliphatic heterocycles. The minimum atomic E-state index is -0.263. The highest BCUT2D eigenvalue weighted by molar-refractivity contribution is 7.21. The van der Waals surface area contributed by atoms with Crippen LogP contribution in [-0.4, -0.2) is 53.8 Å². The van der Waals surface area contributed by atoms with Gasteiger partial charge in [-0.1, -0.05) is 0 Å². The molecule has 0 spiro atoms. The number of phenolic OH excluding ortho intramolecular Hbond substituents is 2. The highest BCUT2D eigenvalue weighted by Crippen LogP contribution is 2.43. The second-order valence-electron chi connectivity index (χ2n) is 9.30. The van der Waals surface area contributed by atoms with E-state index in [4.69, 9.17) is 9.47 Å². The normalized spacial score (nSPS) is 15.8. The first-order valence-corrected chi connectivity index (χ1v) is 13.0. The van der Waals surface area contributed by atoms with Crippen molar-refractivity contribution in [2.45, 2.75) is 13.3 Å². The standard InChI is InChI=1S/C29H28FNO5S/c1-18-14-20(32)2-8-24(18)27(34)29-28(25-9-3-21(33)15-26(25)37-29)36-23-6-4-22(5-7-23)35-13-12-31-11-10-19(16-30)17-31/h2-9,14-15,19,32-33H,10-13,16-17H2,1H3/t19-/m1/s1. The molecule has 2 heterocycles. The summed E-state index contributed by atoms with van der Waals surface area (Å²) in [6.45, 7) is 4.47. The van der Waals surface area contributed by atoms with Gasteiger partial charge in [-0.25, -0.2) is 0 Å². The Hall–Kier alpha value is -3.62. The van der Waals surface area contributed by atoms with E-state index in [9.17, 15) is 19.4 Å². The zero-order chi connectivity index (χ0) is 25.9. The molecule has 4 aromatic rings. The van der Waals surface area contributed by atoms with Crippen LogP contribution >= 0.6 is 11.3 Å². The number of hydrogen-bond acceptors (Lipinski definition) is 7. The Morgan fingerprint density at radius 1 is 1.05 bits per heavy atom. The lowest BCUT2D eigenvalue weighted by atomic mass is 10.0. The van der Waals surface area contributed by atoms with Crippen LogP contribution < -0.4 is 9.47 Å². The monoisotopic (exact) mass is 521 g/mol. The number of ether oxygens (including phenoxy) is 2. The van der Waals surface area contributed by atoms with E-state index >= 15 is 0 Å². The highest BCUT2D eigenvalue weighted by Gasteiger charge is 2.24. The maximum Gasteiger partial charge on any atom is 0.207 e. The summed E-state index contributed by atoms with van der Waals surface area (Å²) in [6.07, 6.45) is 0.899. The predicted octanol–water partition coefficient (Wildman–Crippen LogP) is 6.31. The topological polar surface area (TPSA) is 79.2 Å². The van der Waals surface area contributed by atoms with Gasteiger partial charge in [0, 0.05) is 34.7 Å². The molecule has 0 saturated carbocycles. The molecule has 0 aliphatic carbocycles. The van der Waals surface area contributed by atoms with Gasteiger partial charge in [0.15, 0.2) is 5.75 Å². The lowest BCUT2D eigenvalue weighted by molar-refractivity contribution is 0.104. The van der Waals surface area contributed by atoms with Gasteiger partial charge < -0.3 is 19.7 Å². The van der Waals surface area contributed by atoms with Crippen LogP contribution in [0.5, 0.6) is 28.7 Å². The summed E-state index contributed by atoms with van der Waals surface area (Å²) in [5.74, 6) is 1.79. The molecule has 8 heteroatoms. The summed E-state index contributed by atoms with van der Waals surface area (Å²) in [4.78, 5) is 16.1. The van der Waals surface area contributed by atoms with Crippen LogP contribution in [0.25, 0.3) is 10.1 Å². The van der Waals surface area contributed by atoms with Crippen LogP contribution in [0.2, 0.25) is 0 Å². The van der Waals surface area contributed by atoms with E-state index in [1.807, 2.05) is 12.1 Å². The quantitative estimate of drug-likeness (QED) is 0.251. The van der Waals surface area contributed by atoms with Crippen LogP contribution in [0.15, 0.2) is 60.7 Å². The minimum Gasteiger partial charge on any atom is -0.508 e. The number of thiophene rings is 1. The number of alkyl halides is 1. The number of ketones is 1. The number of phenols is 2. The third-order valence-corrected chi connectivity index (χ3v) is 7.73. The van der Waals surface area contributed by atoms with Crippen molar-refractivity contribution in [1.29, 1.82) is 0 Å². The number of halogens is 1. The van der Waals surface area contributed by atoms with Gasteiger partial charge in [-0.05, 0) is 86.1 Å². The van der Waals surface area contributed by atoms with Crippen LogP contribution in [0, 0.1) is 12.8 Å². The Morgan fingerprint density at radius 3 is 2.51 bits per heavy atom. The second-order valence-corrected chi connectivity index (χ2v) is 10.4. The Balaban J connectivity index is 1.34. The van der Waals surface area contributed by atoms with Gasteiger partial charge in [-0.2, -0.15) is 0 Å². The van der Waals surface area contributed by atoms with Gasteiger partial charge in [0.05, 0.1) is 6.67 Å². The van der Waals surface area contributed by atoms with Crippen LogP contribution in [0.3, 0.4) is 0 Å². The third kappa shape index (κ3) is 5.55. The van der Waals surface area contributed by atoms with Crippen molar-refractivity contribution in [3.63, 3.8) is 0 Å². The first-order valence-electron chi connectivity index (χ1n) is 12.2. The molecule has 5 rings (SSSR count). The van der Waals surface area contributed by atoms with Crippen LogP contribution in [0.1, 0.15) is 27.2 Å². The third-order valence-electron chi connectivity index (χ3n) is 6.60. The Kier molecular flexibility index (Phi) is 7.30. The van der Waals surface area contributed by atoms with E-state index in [2.05, 4.69) is 4.90 Å². The number of carbonyl (C=O) groups is 1. The van der Waals surface area contributed by atoms with E-state index < -0.39 is 0 Å². The predicted molar refractivity (Wildman–Crippen MR) is 142 cm³/mol. The molecular weight excluding hydrogens is 493 g/mol. The van der Waals surface area contributed by atoms with Crippen molar-refractivity contribution in [3.05, 3.63) is 76.7 Å². The zero-order valence-electron chi connectivity index (χ0n) is 20.4. The summed E-state index contributed by atoms with van der Waals surface area (Å²) >= 11 is 1.25. The number of fused-ring (bicyclic) bond motifs is 1. The molecule has 1 aromatic heterocycles. The van der Waals surface area contributed by atoms with Gasteiger partial charge in [-0.3, -0.25) is 14.1 Å². The lowest BCUT2D eigenvalue weighted by Crippen LogP contribution is -2.26. The van der Waals surface area contributed by atoms with Crippen LogP contribution in [-0.2, 0) is 0 Å². The Morgan fingerprint density at radius 2 is 1.78 bits per heavy atom. The SMILES string of the molecule is Cc1cc(O)ccc1C(=O)c1sc2cc(O)ccc2c1Oc1ccc(OCCN2CC[C@H](CF)C2)cc1. The average molecular weight is 522 g/mol. The van der Waals surface area contributed by atoms with E-state index in [1.54, 1.807) is 49.4 Å². The number of likely N-dealkylation sites (tertiary alicyclic amines) is 1. The number of nitrogens with zero attached hydrogens (tertiary/aromatic N) is 1. The molecule has 2 N–H and O–H groups in total. The molecule has 0 radical (unpaired) electrons. The first kappa shape index (κ1) is 25.0. The molecule has 1 saturated heterocycles. The molecule has 1 aliphatic rings. The lowest BCUT2D eigenvalue weighted by Gasteiger charge is -2.16. The first-order chi connectivity index (χ1) is 17.9. The number of carbonyl (C=O) groups excluding carboxylic acids is 1. The van der Waals surface area contributed by atoms with Crippen LogP contribution in [0.4, 0.5) is 4.39 Å². The van der Waals surface area contributed by atoms with E-state index in [-0.39, 0.29) is 29.9 Å². The smallest absolute Gasteiger partial charge is 0.207 e. The van der Waals surface area contributed by atoms with Crippen molar-refractivity contribution >= 4 is 27.2 Å². The fraction of sp³-hybridized carbons (Fsp3) is 0.276. The van der Waals surface area contributed by atoms with Crippen molar-refractivity contribution < 1.29 is 28.9 Å². The maximum atomic E-state index is 13.5. The fourth-order valence-corrected chi connectivity index (χ4v) is 5.71. The number of aromatic hydroxyl groups is 2. The molecule has 1 fully saturated rings. The number of rotatable bonds is 9. The summed E-state index contributed by atoms with van der Waals surface area (Å²) in [5.41, 5.74) is 1.13. The molecule has 37 heavy (non-hydrogen) atoms. The van der Waals surface area contributed by atoms with Gasteiger partial charge in [0.1, 0.15) is 34.5 Å². The van der Waals surface area contributed by atoms with Gasteiger partial charge in [0.25, 0.3) is 0 Å². The van der Waals surface area contributed by atoms with Crippen molar-refractivity contribution in [3.8, 4) is 28.7 Å². The fourth-order valence-electron chi connectivity index (χ4n) is 4.59. The molecule has 0 bridgehead atoms.